The van der Waals surface area contributed by atoms with Crippen LogP contribution in [0.25, 0.3) is 0 Å². The Morgan fingerprint density at radius 3 is 2.17 bits per heavy atom. The molecule has 1 saturated heterocycles. The molecule has 1 fully saturated rings. The van der Waals surface area contributed by atoms with E-state index in [1.807, 2.05) is 0 Å². The predicted molar refractivity (Wildman–Crippen MR) is 39.6 cm³/mol. The van der Waals surface area contributed by atoms with Crippen LogP contribution in [0, 0.1) is 0 Å². The van der Waals surface area contributed by atoms with Crippen molar-refractivity contribution in [3.63, 3.8) is 0 Å². The highest BCUT2D eigenvalue weighted by molar-refractivity contribution is 4.84. The summed E-state index contributed by atoms with van der Waals surface area (Å²) >= 11 is 0. The van der Waals surface area contributed by atoms with Crippen LogP contribution in [-0.4, -0.2) is 55.6 Å². The molecule has 0 bridgehead atoms. The molecule has 0 aliphatic carbocycles. The van der Waals surface area contributed by atoms with Gasteiger partial charge < -0.3 is 24.4 Å². The highest BCUT2D eigenvalue weighted by Gasteiger charge is 2.39. The first-order chi connectivity index (χ1) is 5.70. The van der Waals surface area contributed by atoms with E-state index in [1.54, 1.807) is 0 Å². The number of methoxy groups -OCH3 is 2. The van der Waals surface area contributed by atoms with Gasteiger partial charge >= 0.3 is 0 Å². The van der Waals surface area contributed by atoms with Gasteiger partial charge in [0, 0.05) is 14.2 Å². The largest absolute Gasteiger partial charge is 0.388 e. The summed E-state index contributed by atoms with van der Waals surface area (Å²) in [6.07, 6.45) is -2.93. The van der Waals surface area contributed by atoms with E-state index < -0.39 is 24.6 Å². The SMILES string of the molecule is CO[C@@H]1[C@@H](OC)[C@@H](O)CO[C@H]1O. The van der Waals surface area contributed by atoms with Crippen LogP contribution >= 0.6 is 0 Å². The third-order valence-corrected chi connectivity index (χ3v) is 1.97. The fraction of sp³-hybridized carbons (Fsp3) is 1.00. The van der Waals surface area contributed by atoms with Gasteiger partial charge in [0.15, 0.2) is 6.29 Å². The molecular weight excluding hydrogens is 164 g/mol. The zero-order valence-corrected chi connectivity index (χ0v) is 7.14. The second-order valence-electron chi connectivity index (χ2n) is 2.69. The van der Waals surface area contributed by atoms with Crippen molar-refractivity contribution in [2.75, 3.05) is 20.8 Å². The number of hydrogen-bond donors (Lipinski definition) is 2. The lowest BCUT2D eigenvalue weighted by Gasteiger charge is -2.36. The summed E-state index contributed by atoms with van der Waals surface area (Å²) in [6, 6.07) is 0. The third-order valence-electron chi connectivity index (χ3n) is 1.97. The van der Waals surface area contributed by atoms with Crippen molar-refractivity contribution in [2.24, 2.45) is 0 Å². The second-order valence-corrected chi connectivity index (χ2v) is 2.69. The van der Waals surface area contributed by atoms with Gasteiger partial charge in [-0.15, -0.1) is 0 Å². The van der Waals surface area contributed by atoms with E-state index in [2.05, 4.69) is 0 Å². The van der Waals surface area contributed by atoms with Crippen molar-refractivity contribution in [1.82, 2.24) is 0 Å². The molecular formula is C7H14O5. The molecule has 1 heterocycles. The second kappa shape index (κ2) is 4.15. The molecule has 0 spiro atoms. The number of hydrogen-bond acceptors (Lipinski definition) is 5. The fourth-order valence-corrected chi connectivity index (χ4v) is 1.31. The first-order valence-electron chi connectivity index (χ1n) is 3.74. The molecule has 0 radical (unpaired) electrons. The van der Waals surface area contributed by atoms with Gasteiger partial charge in [-0.2, -0.15) is 0 Å². The maximum atomic E-state index is 9.35. The molecule has 0 aromatic carbocycles. The van der Waals surface area contributed by atoms with Crippen molar-refractivity contribution in [1.29, 1.82) is 0 Å². The van der Waals surface area contributed by atoms with Crippen molar-refractivity contribution in [3.05, 3.63) is 0 Å². The van der Waals surface area contributed by atoms with Gasteiger partial charge in [-0.3, -0.25) is 0 Å². The Bertz CT molecular complexity index is 124. The van der Waals surface area contributed by atoms with Crippen molar-refractivity contribution in [2.45, 2.75) is 24.6 Å². The van der Waals surface area contributed by atoms with E-state index in [9.17, 15) is 10.2 Å². The van der Waals surface area contributed by atoms with Crippen molar-refractivity contribution in [3.8, 4) is 0 Å². The highest BCUT2D eigenvalue weighted by atomic mass is 16.7. The van der Waals surface area contributed by atoms with Crippen LogP contribution in [0.3, 0.4) is 0 Å². The summed E-state index contributed by atoms with van der Waals surface area (Å²) in [7, 11) is 2.89. The van der Waals surface area contributed by atoms with E-state index in [0.29, 0.717) is 0 Å². The minimum absolute atomic E-state index is 0.0690. The lowest BCUT2D eigenvalue weighted by atomic mass is 10.1. The van der Waals surface area contributed by atoms with Gasteiger partial charge in [0.1, 0.15) is 18.3 Å². The summed E-state index contributed by atoms with van der Waals surface area (Å²) in [4.78, 5) is 0. The van der Waals surface area contributed by atoms with Crippen molar-refractivity contribution < 1.29 is 24.4 Å². The number of rotatable bonds is 2. The van der Waals surface area contributed by atoms with Gasteiger partial charge in [0.2, 0.25) is 0 Å². The van der Waals surface area contributed by atoms with Crippen LogP contribution in [-0.2, 0) is 14.2 Å². The quantitative estimate of drug-likeness (QED) is 0.551. The molecule has 1 aliphatic heterocycles. The fourth-order valence-electron chi connectivity index (χ4n) is 1.31. The lowest BCUT2D eigenvalue weighted by Crippen LogP contribution is -2.54. The summed E-state index contributed by atoms with van der Waals surface area (Å²) in [6.45, 7) is 0.0690. The summed E-state index contributed by atoms with van der Waals surface area (Å²) in [5.74, 6) is 0. The van der Waals surface area contributed by atoms with E-state index in [-0.39, 0.29) is 6.61 Å². The summed E-state index contributed by atoms with van der Waals surface area (Å²) < 4.78 is 14.7. The molecule has 1 aliphatic rings. The zero-order valence-electron chi connectivity index (χ0n) is 7.14. The molecule has 5 heteroatoms. The van der Waals surface area contributed by atoms with Crippen molar-refractivity contribution >= 4 is 0 Å². The Morgan fingerprint density at radius 2 is 1.75 bits per heavy atom. The Hall–Kier alpha value is -0.200. The van der Waals surface area contributed by atoms with Gasteiger partial charge in [-0.05, 0) is 0 Å². The molecule has 0 aromatic rings. The van der Waals surface area contributed by atoms with Gasteiger partial charge in [-0.25, -0.2) is 0 Å². The van der Waals surface area contributed by atoms with Crippen LogP contribution in [0.2, 0.25) is 0 Å². The maximum Gasteiger partial charge on any atom is 0.183 e. The molecule has 0 unspecified atom stereocenters. The van der Waals surface area contributed by atoms with Gasteiger partial charge in [-0.1, -0.05) is 0 Å². The van der Waals surface area contributed by atoms with Crippen LogP contribution in [0.15, 0.2) is 0 Å². The Balaban J connectivity index is 2.61. The highest BCUT2D eigenvalue weighted by Crippen LogP contribution is 2.18. The lowest BCUT2D eigenvalue weighted by molar-refractivity contribution is -0.264. The molecule has 1 rings (SSSR count). The molecule has 72 valence electrons. The smallest absolute Gasteiger partial charge is 0.183 e. The minimum Gasteiger partial charge on any atom is -0.388 e. The molecule has 0 amide bonds. The molecule has 0 aromatic heterocycles. The average Bonchev–Trinajstić information content (AvgIpc) is 2.08. The number of ether oxygens (including phenoxy) is 3. The normalized spacial score (nSPS) is 43.0. The molecule has 0 saturated carbocycles. The van der Waals surface area contributed by atoms with Crippen LogP contribution in [0.5, 0.6) is 0 Å². The average molecular weight is 178 g/mol. The van der Waals surface area contributed by atoms with Crippen LogP contribution in [0.4, 0.5) is 0 Å². The Morgan fingerprint density at radius 1 is 1.17 bits per heavy atom. The topological polar surface area (TPSA) is 68.2 Å². The van der Waals surface area contributed by atoms with E-state index in [1.165, 1.54) is 14.2 Å². The van der Waals surface area contributed by atoms with E-state index in [4.69, 9.17) is 14.2 Å². The molecule has 5 nitrogen and oxygen atoms in total. The monoisotopic (exact) mass is 178 g/mol. The zero-order chi connectivity index (χ0) is 9.14. The van der Waals surface area contributed by atoms with Gasteiger partial charge in [0.25, 0.3) is 0 Å². The van der Waals surface area contributed by atoms with Gasteiger partial charge in [0.05, 0.1) is 6.61 Å². The third kappa shape index (κ3) is 1.75. The first-order valence-corrected chi connectivity index (χ1v) is 3.74. The molecule has 2 N–H and O–H groups in total. The number of aliphatic hydroxyl groups is 2. The van der Waals surface area contributed by atoms with E-state index in [0.717, 1.165) is 0 Å². The van der Waals surface area contributed by atoms with Crippen LogP contribution < -0.4 is 0 Å². The first kappa shape index (κ1) is 9.88. The summed E-state index contributed by atoms with van der Waals surface area (Å²) in [5.41, 5.74) is 0. The maximum absolute atomic E-state index is 9.35. The summed E-state index contributed by atoms with van der Waals surface area (Å²) in [5, 5.41) is 18.6. The predicted octanol–water partition coefficient (Wildman–Crippen LogP) is -1.27. The Kier molecular flexibility index (Phi) is 3.42. The standard InChI is InChI=1S/C7H14O5/c1-10-5-4(8)3-12-7(9)6(5)11-2/h4-9H,3H2,1-2H3/t4-,5-,6+,7+/m0/s1. The Labute approximate surface area is 70.9 Å². The van der Waals surface area contributed by atoms with E-state index >= 15 is 0 Å². The number of aliphatic hydroxyl groups excluding tert-OH is 2. The van der Waals surface area contributed by atoms with Crippen LogP contribution in [0.1, 0.15) is 0 Å². The molecule has 12 heavy (non-hydrogen) atoms. The minimum atomic E-state index is -1.02. The molecule has 4 atom stereocenters.